The zero-order valence-corrected chi connectivity index (χ0v) is 10.9. The van der Waals surface area contributed by atoms with E-state index >= 15 is 0 Å². The molecule has 0 aromatic rings. The average molecular weight is 224 g/mol. The molecule has 0 bridgehead atoms. The third kappa shape index (κ3) is 2.10. The Labute approximate surface area is 98.6 Å². The highest BCUT2D eigenvalue weighted by Gasteiger charge is 2.41. The first-order valence-corrected chi connectivity index (χ1v) is 6.49. The smallest absolute Gasteiger partial charge is 0.240 e. The Morgan fingerprint density at radius 1 is 1.38 bits per heavy atom. The van der Waals surface area contributed by atoms with Gasteiger partial charge in [-0.25, -0.2) is 0 Å². The summed E-state index contributed by atoms with van der Waals surface area (Å²) >= 11 is 0. The number of carbonyl (C=O) groups is 1. The first kappa shape index (κ1) is 11.9. The van der Waals surface area contributed by atoms with Crippen LogP contribution >= 0.6 is 0 Å². The van der Waals surface area contributed by atoms with Crippen LogP contribution in [0.15, 0.2) is 0 Å². The van der Waals surface area contributed by atoms with E-state index in [2.05, 4.69) is 31.0 Å². The number of nitrogens with one attached hydrogen (secondary N) is 1. The van der Waals surface area contributed by atoms with Crippen molar-refractivity contribution in [3.8, 4) is 0 Å². The minimum absolute atomic E-state index is 0.0000359. The van der Waals surface area contributed by atoms with Gasteiger partial charge in [-0.05, 0) is 38.5 Å². The summed E-state index contributed by atoms with van der Waals surface area (Å²) in [5.41, 5.74) is 0.398. The Hall–Kier alpha value is -0.570. The molecule has 1 aliphatic heterocycles. The molecule has 92 valence electrons. The van der Waals surface area contributed by atoms with Crippen molar-refractivity contribution >= 4 is 5.91 Å². The van der Waals surface area contributed by atoms with E-state index in [9.17, 15) is 4.79 Å². The van der Waals surface area contributed by atoms with E-state index in [0.717, 1.165) is 6.42 Å². The van der Waals surface area contributed by atoms with Crippen LogP contribution in [0, 0.1) is 5.41 Å². The van der Waals surface area contributed by atoms with Crippen molar-refractivity contribution in [2.75, 3.05) is 0 Å². The van der Waals surface area contributed by atoms with Crippen molar-refractivity contribution in [1.82, 2.24) is 10.2 Å². The molecule has 3 unspecified atom stereocenters. The average Bonchev–Trinajstić information content (AvgIpc) is 2.39. The number of nitrogens with zero attached hydrogens (tertiary/aromatic N) is 1. The van der Waals surface area contributed by atoms with Gasteiger partial charge in [0.05, 0.1) is 12.2 Å². The van der Waals surface area contributed by atoms with Crippen LogP contribution in [-0.4, -0.2) is 29.1 Å². The van der Waals surface area contributed by atoms with Crippen molar-refractivity contribution in [2.24, 2.45) is 5.41 Å². The number of carbonyl (C=O) groups excluding carboxylic acids is 1. The zero-order chi connectivity index (χ0) is 11.9. The third-order valence-electron chi connectivity index (χ3n) is 4.11. The lowest BCUT2D eigenvalue weighted by molar-refractivity contribution is -0.133. The molecule has 2 rings (SSSR count). The van der Waals surface area contributed by atoms with Gasteiger partial charge in [-0.2, -0.15) is 0 Å². The molecule has 3 atom stereocenters. The summed E-state index contributed by atoms with van der Waals surface area (Å²) in [4.78, 5) is 14.2. The van der Waals surface area contributed by atoms with Crippen molar-refractivity contribution in [3.05, 3.63) is 0 Å². The number of hydrogen-bond donors (Lipinski definition) is 1. The van der Waals surface area contributed by atoms with E-state index in [1.165, 1.54) is 19.3 Å². The maximum Gasteiger partial charge on any atom is 0.240 e. The van der Waals surface area contributed by atoms with Gasteiger partial charge in [0.2, 0.25) is 5.91 Å². The molecule has 0 radical (unpaired) electrons. The predicted molar refractivity (Wildman–Crippen MR) is 64.9 cm³/mol. The second kappa shape index (κ2) is 4.02. The topological polar surface area (TPSA) is 32.3 Å². The lowest BCUT2D eigenvalue weighted by Crippen LogP contribution is -2.46. The number of amides is 1. The lowest BCUT2D eigenvalue weighted by atomic mass is 9.74. The molecular weight excluding hydrogens is 200 g/mol. The van der Waals surface area contributed by atoms with Crippen LogP contribution in [0.25, 0.3) is 0 Å². The first-order valence-electron chi connectivity index (χ1n) is 6.49. The molecule has 1 heterocycles. The fourth-order valence-electron chi connectivity index (χ4n) is 3.32. The highest BCUT2D eigenvalue weighted by atomic mass is 16.2. The molecule has 16 heavy (non-hydrogen) atoms. The monoisotopic (exact) mass is 224 g/mol. The third-order valence-corrected chi connectivity index (χ3v) is 4.11. The first-order chi connectivity index (χ1) is 7.41. The van der Waals surface area contributed by atoms with E-state index in [0.29, 0.717) is 11.5 Å². The second-order valence-corrected chi connectivity index (χ2v) is 6.22. The minimum atomic E-state index is 0.0000359. The van der Waals surface area contributed by atoms with E-state index < -0.39 is 0 Å². The van der Waals surface area contributed by atoms with Crippen LogP contribution in [-0.2, 0) is 4.79 Å². The van der Waals surface area contributed by atoms with Crippen LogP contribution in [0.4, 0.5) is 0 Å². The van der Waals surface area contributed by atoms with Gasteiger partial charge in [0, 0.05) is 6.04 Å². The largest absolute Gasteiger partial charge is 0.323 e. The summed E-state index contributed by atoms with van der Waals surface area (Å²) in [6, 6.07) is 0.448. The van der Waals surface area contributed by atoms with Gasteiger partial charge in [-0.1, -0.05) is 20.3 Å². The summed E-state index contributed by atoms with van der Waals surface area (Å²) in [6.45, 7) is 8.71. The summed E-state index contributed by atoms with van der Waals surface area (Å²) < 4.78 is 0. The minimum Gasteiger partial charge on any atom is -0.323 e. The SMILES string of the molecule is CC1NC(C)N(C2CCCC(C)(C)C2)C1=O. The molecule has 0 aromatic carbocycles. The summed E-state index contributed by atoms with van der Waals surface area (Å²) in [6.07, 6.45) is 5.08. The molecule has 1 N–H and O–H groups in total. The molecule has 2 aliphatic rings. The van der Waals surface area contributed by atoms with Crippen molar-refractivity contribution in [2.45, 2.75) is 71.6 Å². The van der Waals surface area contributed by atoms with Crippen molar-refractivity contribution < 1.29 is 4.79 Å². The van der Waals surface area contributed by atoms with Crippen molar-refractivity contribution in [1.29, 1.82) is 0 Å². The molecule has 1 amide bonds. The van der Waals surface area contributed by atoms with Crippen LogP contribution in [0.1, 0.15) is 53.4 Å². The summed E-state index contributed by atoms with van der Waals surface area (Å²) in [7, 11) is 0. The van der Waals surface area contributed by atoms with E-state index in [1.807, 2.05) is 6.92 Å². The number of hydrogen-bond acceptors (Lipinski definition) is 2. The number of rotatable bonds is 1. The van der Waals surface area contributed by atoms with Crippen LogP contribution < -0.4 is 5.32 Å². The summed E-state index contributed by atoms with van der Waals surface area (Å²) in [5.74, 6) is 0.287. The van der Waals surface area contributed by atoms with Gasteiger partial charge < -0.3 is 4.90 Å². The molecular formula is C13H24N2O. The fraction of sp³-hybridized carbons (Fsp3) is 0.923. The van der Waals surface area contributed by atoms with Gasteiger partial charge in [0.25, 0.3) is 0 Å². The Bertz CT molecular complexity index is 288. The van der Waals surface area contributed by atoms with Gasteiger partial charge in [-0.15, -0.1) is 0 Å². The standard InChI is InChI=1S/C13H24N2O/c1-9-12(16)15(10(2)14-9)11-6-5-7-13(3,4)8-11/h9-11,14H,5-8H2,1-4H3. The Morgan fingerprint density at radius 2 is 2.06 bits per heavy atom. The highest BCUT2D eigenvalue weighted by Crippen LogP contribution is 2.38. The predicted octanol–water partition coefficient (Wildman–Crippen LogP) is 2.12. The molecule has 1 aliphatic carbocycles. The second-order valence-electron chi connectivity index (χ2n) is 6.22. The van der Waals surface area contributed by atoms with Gasteiger partial charge in [0.15, 0.2) is 0 Å². The highest BCUT2D eigenvalue weighted by molar-refractivity contribution is 5.84. The van der Waals surface area contributed by atoms with Gasteiger partial charge in [0.1, 0.15) is 0 Å². The zero-order valence-electron chi connectivity index (χ0n) is 10.9. The maximum absolute atomic E-state index is 12.1. The van der Waals surface area contributed by atoms with E-state index in [-0.39, 0.29) is 18.1 Å². The van der Waals surface area contributed by atoms with E-state index in [4.69, 9.17) is 0 Å². The van der Waals surface area contributed by atoms with Crippen molar-refractivity contribution in [3.63, 3.8) is 0 Å². The molecule has 1 saturated heterocycles. The van der Waals surface area contributed by atoms with Crippen LogP contribution in [0.5, 0.6) is 0 Å². The maximum atomic E-state index is 12.1. The molecule has 3 heteroatoms. The molecule has 1 saturated carbocycles. The quantitative estimate of drug-likeness (QED) is 0.740. The van der Waals surface area contributed by atoms with Gasteiger partial charge >= 0.3 is 0 Å². The van der Waals surface area contributed by atoms with E-state index in [1.54, 1.807) is 0 Å². The Morgan fingerprint density at radius 3 is 2.56 bits per heavy atom. The fourth-order valence-corrected chi connectivity index (χ4v) is 3.32. The Balaban J connectivity index is 2.09. The Kier molecular flexibility index (Phi) is 2.99. The van der Waals surface area contributed by atoms with Crippen LogP contribution in [0.2, 0.25) is 0 Å². The molecule has 3 nitrogen and oxygen atoms in total. The molecule has 2 fully saturated rings. The lowest BCUT2D eigenvalue weighted by Gasteiger charge is -2.41. The molecule has 0 spiro atoms. The van der Waals surface area contributed by atoms with Gasteiger partial charge in [-0.3, -0.25) is 10.1 Å². The molecule has 0 aromatic heterocycles. The normalized spacial score (nSPS) is 39.1. The summed E-state index contributed by atoms with van der Waals surface area (Å²) in [5, 5.41) is 3.32. The van der Waals surface area contributed by atoms with Crippen LogP contribution in [0.3, 0.4) is 0 Å².